The molecule has 2 N–H and O–H groups in total. The number of hydrogen-bond donors (Lipinski definition) is 2. The number of hydrogen-bond acceptors (Lipinski definition) is 5. The Morgan fingerprint density at radius 2 is 1.65 bits per heavy atom. The van der Waals surface area contributed by atoms with E-state index < -0.39 is 5.97 Å². The number of benzene rings is 1. The van der Waals surface area contributed by atoms with Crippen molar-refractivity contribution >= 4 is 29.3 Å². The summed E-state index contributed by atoms with van der Waals surface area (Å²) in [6, 6.07) is 7.26. The highest BCUT2D eigenvalue weighted by molar-refractivity contribution is 7.98. The highest BCUT2D eigenvalue weighted by atomic mass is 32.2. The van der Waals surface area contributed by atoms with Crippen LogP contribution in [-0.2, 0) is 22.4 Å². The molecule has 1 heterocycles. The van der Waals surface area contributed by atoms with Crippen LogP contribution in [0.4, 0.5) is 5.69 Å². The van der Waals surface area contributed by atoms with Crippen LogP contribution < -0.4 is 5.32 Å². The zero-order valence-corrected chi connectivity index (χ0v) is 16.0. The number of carboxylic acid groups (broad SMARTS) is 1. The summed E-state index contributed by atoms with van der Waals surface area (Å²) in [4.78, 5) is 31.7. The van der Waals surface area contributed by atoms with Crippen molar-refractivity contribution in [3.05, 3.63) is 46.8 Å². The third-order valence-electron chi connectivity index (χ3n) is 4.05. The van der Waals surface area contributed by atoms with E-state index in [1.165, 1.54) is 11.8 Å². The lowest BCUT2D eigenvalue weighted by atomic mass is 10.1. The number of nitrogens with one attached hydrogen (secondary N) is 1. The molecule has 0 unspecified atom stereocenters. The first-order chi connectivity index (χ1) is 12.4. The molecular weight excluding hydrogens is 350 g/mol. The summed E-state index contributed by atoms with van der Waals surface area (Å²) in [6.07, 6.45) is 3.46. The van der Waals surface area contributed by atoms with E-state index in [1.807, 2.05) is 32.2 Å². The lowest BCUT2D eigenvalue weighted by Crippen LogP contribution is -2.13. The van der Waals surface area contributed by atoms with Crippen LogP contribution in [0.15, 0.2) is 29.4 Å². The van der Waals surface area contributed by atoms with Crippen molar-refractivity contribution < 1.29 is 14.7 Å². The first kappa shape index (κ1) is 19.9. The van der Waals surface area contributed by atoms with Gasteiger partial charge >= 0.3 is 5.97 Å². The summed E-state index contributed by atoms with van der Waals surface area (Å²) in [5.41, 5.74) is 4.48. The molecule has 0 aliphatic carbocycles. The molecule has 0 atom stereocenters. The van der Waals surface area contributed by atoms with Crippen LogP contribution in [0.2, 0.25) is 0 Å². The van der Waals surface area contributed by atoms with Crippen molar-refractivity contribution in [2.24, 2.45) is 0 Å². The van der Waals surface area contributed by atoms with Gasteiger partial charge in [0, 0.05) is 29.9 Å². The Bertz CT molecular complexity index is 768. The van der Waals surface area contributed by atoms with Crippen LogP contribution in [0.25, 0.3) is 0 Å². The van der Waals surface area contributed by atoms with Crippen molar-refractivity contribution in [1.29, 1.82) is 0 Å². The average Bonchev–Trinajstić information content (AvgIpc) is 2.60. The molecule has 138 valence electrons. The van der Waals surface area contributed by atoms with E-state index in [9.17, 15) is 9.59 Å². The Balaban J connectivity index is 1.90. The monoisotopic (exact) mass is 373 g/mol. The molecule has 0 spiro atoms. The number of amides is 1. The van der Waals surface area contributed by atoms with Gasteiger partial charge in [-0.1, -0.05) is 23.9 Å². The molecule has 0 aliphatic heterocycles. The van der Waals surface area contributed by atoms with Gasteiger partial charge in [0.05, 0.1) is 0 Å². The topological polar surface area (TPSA) is 92.2 Å². The van der Waals surface area contributed by atoms with Crippen molar-refractivity contribution in [2.45, 2.75) is 44.7 Å². The van der Waals surface area contributed by atoms with E-state index in [1.54, 1.807) is 12.1 Å². The maximum Gasteiger partial charge on any atom is 0.303 e. The number of carbonyl (C=O) groups is 2. The van der Waals surface area contributed by atoms with Crippen LogP contribution in [0.3, 0.4) is 0 Å². The second-order valence-corrected chi connectivity index (χ2v) is 6.77. The maximum atomic E-state index is 12.2. The number of thioether (sulfide) groups is 1. The molecule has 0 radical (unpaired) electrons. The van der Waals surface area contributed by atoms with Gasteiger partial charge in [-0.05, 0) is 56.2 Å². The Morgan fingerprint density at radius 3 is 2.19 bits per heavy atom. The predicted octanol–water partition coefficient (Wildman–Crippen LogP) is 3.40. The first-order valence-corrected chi connectivity index (χ1v) is 9.60. The minimum atomic E-state index is -0.817. The molecule has 0 saturated heterocycles. The second-order valence-electron chi connectivity index (χ2n) is 6.00. The third kappa shape index (κ3) is 5.84. The number of rotatable bonds is 8. The smallest absolute Gasteiger partial charge is 0.303 e. The first-order valence-electron chi connectivity index (χ1n) is 8.37. The summed E-state index contributed by atoms with van der Waals surface area (Å²) >= 11 is 1.50. The molecule has 0 saturated carbocycles. The molecule has 0 fully saturated rings. The molecule has 2 aromatic rings. The van der Waals surface area contributed by atoms with E-state index in [4.69, 9.17) is 5.11 Å². The molecule has 1 aromatic carbocycles. The fourth-order valence-electron chi connectivity index (χ4n) is 2.63. The standard InChI is InChI=1S/C19H23N3O3S/c1-12-16(13(2)21-19(20-12)26-3)9-10-17(23)22-15-7-4-14(5-8-15)6-11-18(24)25/h4-5,7-8H,6,9-11H2,1-3H3,(H,22,23)(H,24,25). The lowest BCUT2D eigenvalue weighted by molar-refractivity contribution is -0.137. The Hall–Kier alpha value is -2.41. The maximum absolute atomic E-state index is 12.2. The highest BCUT2D eigenvalue weighted by Gasteiger charge is 2.11. The molecule has 1 aromatic heterocycles. The van der Waals surface area contributed by atoms with Crippen LogP contribution in [0, 0.1) is 13.8 Å². The largest absolute Gasteiger partial charge is 0.481 e. The van der Waals surface area contributed by atoms with Gasteiger partial charge in [-0.15, -0.1) is 0 Å². The summed E-state index contributed by atoms with van der Waals surface area (Å²) in [6.45, 7) is 3.88. The Labute approximate surface area is 157 Å². The van der Waals surface area contributed by atoms with E-state index in [0.717, 1.165) is 27.7 Å². The van der Waals surface area contributed by atoms with E-state index in [0.29, 0.717) is 24.9 Å². The average molecular weight is 373 g/mol. The van der Waals surface area contributed by atoms with Crippen molar-refractivity contribution in [2.75, 3.05) is 11.6 Å². The fraction of sp³-hybridized carbons (Fsp3) is 0.368. The zero-order chi connectivity index (χ0) is 19.1. The number of aryl methyl sites for hydroxylation is 3. The van der Waals surface area contributed by atoms with Gasteiger partial charge in [0.1, 0.15) is 0 Å². The lowest BCUT2D eigenvalue weighted by Gasteiger charge is -2.10. The van der Waals surface area contributed by atoms with Crippen molar-refractivity contribution in [1.82, 2.24) is 9.97 Å². The molecule has 7 heteroatoms. The normalized spacial score (nSPS) is 10.6. The van der Waals surface area contributed by atoms with Crippen LogP contribution in [0.5, 0.6) is 0 Å². The Kier molecular flexibility index (Phi) is 7.15. The number of carboxylic acids is 1. The predicted molar refractivity (Wildman–Crippen MR) is 103 cm³/mol. The second kappa shape index (κ2) is 9.33. The van der Waals surface area contributed by atoms with Crippen molar-refractivity contribution in [3.63, 3.8) is 0 Å². The number of aromatic nitrogens is 2. The zero-order valence-electron chi connectivity index (χ0n) is 15.2. The summed E-state index contributed by atoms with van der Waals surface area (Å²) in [5.74, 6) is -0.890. The number of nitrogens with zero attached hydrogens (tertiary/aromatic N) is 2. The molecule has 1 amide bonds. The van der Waals surface area contributed by atoms with Crippen LogP contribution in [0.1, 0.15) is 35.4 Å². The Morgan fingerprint density at radius 1 is 1.04 bits per heavy atom. The SMILES string of the molecule is CSc1nc(C)c(CCC(=O)Nc2ccc(CCC(=O)O)cc2)c(C)n1. The minimum Gasteiger partial charge on any atom is -0.481 e. The summed E-state index contributed by atoms with van der Waals surface area (Å²) in [5, 5.41) is 12.3. The number of carbonyl (C=O) groups excluding carboxylic acids is 1. The quantitative estimate of drug-likeness (QED) is 0.544. The molecule has 0 bridgehead atoms. The number of anilines is 1. The molecule has 6 nitrogen and oxygen atoms in total. The number of aliphatic carboxylic acids is 1. The van der Waals surface area contributed by atoms with Gasteiger partial charge in [0.25, 0.3) is 0 Å². The van der Waals surface area contributed by atoms with Gasteiger partial charge in [0.15, 0.2) is 5.16 Å². The van der Waals surface area contributed by atoms with Gasteiger partial charge in [-0.25, -0.2) is 9.97 Å². The van der Waals surface area contributed by atoms with Gasteiger partial charge in [-0.3, -0.25) is 9.59 Å². The third-order valence-corrected chi connectivity index (χ3v) is 4.60. The molecule has 0 aliphatic rings. The molecule has 2 rings (SSSR count). The van der Waals surface area contributed by atoms with E-state index >= 15 is 0 Å². The fourth-order valence-corrected chi connectivity index (χ4v) is 3.09. The van der Waals surface area contributed by atoms with Gasteiger partial charge in [0.2, 0.25) is 5.91 Å². The van der Waals surface area contributed by atoms with Crippen LogP contribution >= 0.6 is 11.8 Å². The van der Waals surface area contributed by atoms with Gasteiger partial charge in [-0.2, -0.15) is 0 Å². The van der Waals surface area contributed by atoms with E-state index in [-0.39, 0.29) is 12.3 Å². The summed E-state index contributed by atoms with van der Waals surface area (Å²) < 4.78 is 0. The van der Waals surface area contributed by atoms with Crippen LogP contribution in [-0.4, -0.2) is 33.2 Å². The molecular formula is C19H23N3O3S. The molecule has 26 heavy (non-hydrogen) atoms. The minimum absolute atomic E-state index is 0.0731. The van der Waals surface area contributed by atoms with E-state index in [2.05, 4.69) is 15.3 Å². The van der Waals surface area contributed by atoms with Crippen molar-refractivity contribution in [3.8, 4) is 0 Å². The summed E-state index contributed by atoms with van der Waals surface area (Å²) in [7, 11) is 0. The van der Waals surface area contributed by atoms with Gasteiger partial charge < -0.3 is 10.4 Å². The highest BCUT2D eigenvalue weighted by Crippen LogP contribution is 2.18.